The highest BCUT2D eigenvalue weighted by atomic mass is 35.5. The van der Waals surface area contributed by atoms with E-state index < -0.39 is 0 Å². The summed E-state index contributed by atoms with van der Waals surface area (Å²) in [6, 6.07) is 1.62. The van der Waals surface area contributed by atoms with Crippen LogP contribution in [0.3, 0.4) is 0 Å². The zero-order chi connectivity index (χ0) is 15.0. The molecule has 1 heterocycles. The van der Waals surface area contributed by atoms with Gasteiger partial charge in [0.25, 0.3) is 5.91 Å². The maximum atomic E-state index is 11.8. The Hall–Kier alpha value is -1.53. The molecule has 120 valence electrons. The Morgan fingerprint density at radius 3 is 2.52 bits per heavy atom. The zero-order valence-corrected chi connectivity index (χ0v) is 13.4. The molecular formula is C14H24ClN3O3. The Labute approximate surface area is 131 Å². The lowest BCUT2D eigenvalue weighted by atomic mass is 10.2. The van der Waals surface area contributed by atoms with Gasteiger partial charge < -0.3 is 20.4 Å². The fraction of sp³-hybridized carbons (Fsp3) is 0.571. The van der Waals surface area contributed by atoms with Gasteiger partial charge in [-0.2, -0.15) is 0 Å². The number of nitrogens with one attached hydrogen (secondary N) is 1. The van der Waals surface area contributed by atoms with Crippen molar-refractivity contribution >= 4 is 24.2 Å². The molecule has 0 bridgehead atoms. The van der Waals surface area contributed by atoms with Gasteiger partial charge in [0.15, 0.2) is 0 Å². The first kappa shape index (κ1) is 19.5. The molecule has 1 aromatic heterocycles. The van der Waals surface area contributed by atoms with Crippen LogP contribution in [0.15, 0.2) is 16.7 Å². The van der Waals surface area contributed by atoms with E-state index >= 15 is 0 Å². The lowest BCUT2D eigenvalue weighted by molar-refractivity contribution is -0.130. The van der Waals surface area contributed by atoms with Gasteiger partial charge >= 0.3 is 0 Å². The molecule has 0 saturated heterocycles. The number of carbonyl (C=O) groups is 2. The second kappa shape index (κ2) is 10.2. The van der Waals surface area contributed by atoms with Gasteiger partial charge in [-0.3, -0.25) is 9.59 Å². The van der Waals surface area contributed by atoms with Gasteiger partial charge in [-0.1, -0.05) is 0 Å². The number of furan rings is 1. The number of nitrogens with two attached hydrogens (primary N) is 1. The first-order valence-electron chi connectivity index (χ1n) is 6.95. The maximum absolute atomic E-state index is 11.8. The number of rotatable bonds is 8. The minimum atomic E-state index is -0.205. The fourth-order valence-corrected chi connectivity index (χ4v) is 1.88. The second-order valence-corrected chi connectivity index (χ2v) is 4.43. The monoisotopic (exact) mass is 317 g/mol. The minimum absolute atomic E-state index is 0. The number of hydrogen-bond acceptors (Lipinski definition) is 4. The van der Waals surface area contributed by atoms with Crippen molar-refractivity contribution in [2.24, 2.45) is 5.73 Å². The van der Waals surface area contributed by atoms with E-state index in [1.165, 1.54) is 6.26 Å². The second-order valence-electron chi connectivity index (χ2n) is 4.43. The lowest BCUT2D eigenvalue weighted by Crippen LogP contribution is -2.31. The highest BCUT2D eigenvalue weighted by molar-refractivity contribution is 5.93. The quantitative estimate of drug-likeness (QED) is 0.712. The largest absolute Gasteiger partial charge is 0.467 e. The molecule has 0 unspecified atom stereocenters. The molecule has 0 aromatic carbocycles. The normalized spacial score (nSPS) is 9.86. The number of hydrogen-bond donors (Lipinski definition) is 2. The summed E-state index contributed by atoms with van der Waals surface area (Å²) >= 11 is 0. The summed E-state index contributed by atoms with van der Waals surface area (Å²) in [6.45, 7) is 6.09. The molecule has 6 nitrogen and oxygen atoms in total. The molecule has 0 aliphatic rings. The van der Waals surface area contributed by atoms with Crippen molar-refractivity contribution in [1.82, 2.24) is 10.2 Å². The van der Waals surface area contributed by atoms with Crippen LogP contribution in [0.2, 0.25) is 0 Å². The molecule has 0 radical (unpaired) electrons. The van der Waals surface area contributed by atoms with E-state index in [0.717, 1.165) is 13.1 Å². The summed E-state index contributed by atoms with van der Waals surface area (Å²) in [6.07, 6.45) is 2.46. The summed E-state index contributed by atoms with van der Waals surface area (Å²) < 4.78 is 5.09. The molecular weight excluding hydrogens is 294 g/mol. The van der Waals surface area contributed by atoms with Crippen molar-refractivity contribution in [3.05, 3.63) is 23.7 Å². The molecule has 0 saturated carbocycles. The molecule has 7 heteroatoms. The van der Waals surface area contributed by atoms with Gasteiger partial charge in [0.05, 0.1) is 12.1 Å². The molecule has 1 aromatic rings. The predicted octanol–water partition coefficient (Wildman–Crippen LogP) is 1.54. The average molecular weight is 318 g/mol. The van der Waals surface area contributed by atoms with E-state index in [-0.39, 0.29) is 30.8 Å². The molecule has 21 heavy (non-hydrogen) atoms. The first-order valence-corrected chi connectivity index (χ1v) is 6.95. The standard InChI is InChI=1S/C14H23N3O3.ClH/c1-3-17(4-2)13(18)6-5-7-16-14(19)11-8-12(9-15)20-10-11;/h8,10H,3-7,9,15H2,1-2H3,(H,16,19);1H. The Kier molecular flexibility index (Phi) is 9.49. The molecule has 0 aliphatic heterocycles. The Bertz CT molecular complexity index is 444. The summed E-state index contributed by atoms with van der Waals surface area (Å²) in [4.78, 5) is 25.3. The Balaban J connectivity index is 0.00000400. The summed E-state index contributed by atoms with van der Waals surface area (Å²) in [5, 5.41) is 2.76. The minimum Gasteiger partial charge on any atom is -0.467 e. The summed E-state index contributed by atoms with van der Waals surface area (Å²) in [7, 11) is 0. The van der Waals surface area contributed by atoms with Crippen LogP contribution in [0.1, 0.15) is 42.8 Å². The number of carbonyl (C=O) groups excluding carboxylic acids is 2. The summed E-state index contributed by atoms with van der Waals surface area (Å²) in [5.74, 6) is 0.494. The SMILES string of the molecule is CCN(CC)C(=O)CCCNC(=O)c1coc(CN)c1.Cl. The maximum Gasteiger partial charge on any atom is 0.254 e. The van der Waals surface area contributed by atoms with Crippen LogP contribution in [0.5, 0.6) is 0 Å². The highest BCUT2D eigenvalue weighted by Gasteiger charge is 2.11. The van der Waals surface area contributed by atoms with E-state index in [1.807, 2.05) is 13.8 Å². The molecule has 0 aliphatic carbocycles. The Morgan fingerprint density at radius 1 is 1.33 bits per heavy atom. The van der Waals surface area contributed by atoms with Crippen LogP contribution in [0.4, 0.5) is 0 Å². The van der Waals surface area contributed by atoms with Crippen LogP contribution in [-0.2, 0) is 11.3 Å². The third-order valence-corrected chi connectivity index (χ3v) is 3.09. The molecule has 0 spiro atoms. The molecule has 0 fully saturated rings. The van der Waals surface area contributed by atoms with E-state index in [0.29, 0.717) is 30.7 Å². The van der Waals surface area contributed by atoms with Gasteiger partial charge in [0.1, 0.15) is 12.0 Å². The Morgan fingerprint density at radius 2 is 2.00 bits per heavy atom. The number of nitrogens with zero attached hydrogens (tertiary/aromatic N) is 1. The average Bonchev–Trinajstić information content (AvgIpc) is 2.93. The molecule has 1 rings (SSSR count). The van der Waals surface area contributed by atoms with Gasteiger partial charge in [0, 0.05) is 26.1 Å². The predicted molar refractivity (Wildman–Crippen MR) is 83.3 cm³/mol. The van der Waals surface area contributed by atoms with E-state index in [2.05, 4.69) is 5.32 Å². The van der Waals surface area contributed by atoms with Crippen LogP contribution >= 0.6 is 12.4 Å². The van der Waals surface area contributed by atoms with Crippen molar-refractivity contribution < 1.29 is 14.0 Å². The smallest absolute Gasteiger partial charge is 0.254 e. The van der Waals surface area contributed by atoms with Gasteiger partial charge in [-0.05, 0) is 26.3 Å². The van der Waals surface area contributed by atoms with E-state index in [9.17, 15) is 9.59 Å². The van der Waals surface area contributed by atoms with Gasteiger partial charge in [-0.15, -0.1) is 12.4 Å². The van der Waals surface area contributed by atoms with Gasteiger partial charge in [0.2, 0.25) is 5.91 Å². The first-order chi connectivity index (χ1) is 9.62. The zero-order valence-electron chi connectivity index (χ0n) is 12.6. The van der Waals surface area contributed by atoms with Crippen molar-refractivity contribution in [3.63, 3.8) is 0 Å². The molecule has 2 amide bonds. The third-order valence-electron chi connectivity index (χ3n) is 3.09. The van der Waals surface area contributed by atoms with Crippen molar-refractivity contribution in [3.8, 4) is 0 Å². The van der Waals surface area contributed by atoms with Crippen LogP contribution < -0.4 is 11.1 Å². The fourth-order valence-electron chi connectivity index (χ4n) is 1.88. The lowest BCUT2D eigenvalue weighted by Gasteiger charge is -2.18. The number of halogens is 1. The van der Waals surface area contributed by atoms with Crippen LogP contribution in [0.25, 0.3) is 0 Å². The van der Waals surface area contributed by atoms with Gasteiger partial charge in [-0.25, -0.2) is 0 Å². The van der Waals surface area contributed by atoms with E-state index in [1.54, 1.807) is 11.0 Å². The van der Waals surface area contributed by atoms with Crippen molar-refractivity contribution in [1.29, 1.82) is 0 Å². The van der Waals surface area contributed by atoms with Crippen LogP contribution in [0, 0.1) is 0 Å². The molecule has 0 atom stereocenters. The van der Waals surface area contributed by atoms with E-state index in [4.69, 9.17) is 10.2 Å². The topological polar surface area (TPSA) is 88.6 Å². The van der Waals surface area contributed by atoms with Crippen LogP contribution in [-0.4, -0.2) is 36.3 Å². The highest BCUT2D eigenvalue weighted by Crippen LogP contribution is 2.06. The number of amides is 2. The van der Waals surface area contributed by atoms with Crippen molar-refractivity contribution in [2.75, 3.05) is 19.6 Å². The molecule has 3 N–H and O–H groups in total. The third kappa shape index (κ3) is 6.18. The van der Waals surface area contributed by atoms with Crippen molar-refractivity contribution in [2.45, 2.75) is 33.2 Å². The summed E-state index contributed by atoms with van der Waals surface area (Å²) in [5.41, 5.74) is 5.86.